The molecular formula is C14H22BrCl2N3O. The Kier molecular flexibility index (Phi) is 9.29. The van der Waals surface area contributed by atoms with Gasteiger partial charge in [-0.2, -0.15) is 0 Å². The van der Waals surface area contributed by atoms with E-state index < -0.39 is 0 Å². The molecule has 1 aliphatic carbocycles. The van der Waals surface area contributed by atoms with Gasteiger partial charge in [0.25, 0.3) is 5.91 Å². The maximum absolute atomic E-state index is 12.0. The van der Waals surface area contributed by atoms with Crippen molar-refractivity contribution < 1.29 is 4.79 Å². The van der Waals surface area contributed by atoms with Crippen molar-refractivity contribution in [2.24, 2.45) is 0 Å². The summed E-state index contributed by atoms with van der Waals surface area (Å²) in [6, 6.07) is 6.05. The van der Waals surface area contributed by atoms with Crippen LogP contribution in [0.5, 0.6) is 0 Å². The fourth-order valence-corrected chi connectivity index (χ4v) is 2.57. The first-order valence-electron chi connectivity index (χ1n) is 6.69. The Balaban J connectivity index is 0.00000200. The molecule has 0 aromatic heterocycles. The summed E-state index contributed by atoms with van der Waals surface area (Å²) in [6.45, 7) is 4.77. The number of nitrogens with zero attached hydrogens (tertiary/aromatic N) is 1. The average Bonchev–Trinajstić information content (AvgIpc) is 3.18. The second-order valence-corrected chi connectivity index (χ2v) is 5.76. The Morgan fingerprint density at radius 1 is 1.43 bits per heavy atom. The number of halogens is 3. The van der Waals surface area contributed by atoms with Crippen LogP contribution in [0.15, 0.2) is 22.7 Å². The molecule has 0 atom stereocenters. The van der Waals surface area contributed by atoms with E-state index in [9.17, 15) is 4.79 Å². The molecule has 1 aromatic rings. The van der Waals surface area contributed by atoms with Crippen molar-refractivity contribution in [1.29, 1.82) is 0 Å². The number of amides is 1. The summed E-state index contributed by atoms with van der Waals surface area (Å²) < 4.78 is 0.882. The number of hydrogen-bond acceptors (Lipinski definition) is 3. The van der Waals surface area contributed by atoms with Crippen molar-refractivity contribution in [1.82, 2.24) is 10.2 Å². The molecule has 0 saturated heterocycles. The normalized spacial score (nSPS) is 13.3. The minimum absolute atomic E-state index is 0. The lowest BCUT2D eigenvalue weighted by molar-refractivity contribution is 0.0949. The Hall–Kier alpha value is -0.490. The summed E-state index contributed by atoms with van der Waals surface area (Å²) in [7, 11) is 0. The molecule has 21 heavy (non-hydrogen) atoms. The average molecular weight is 399 g/mol. The Bertz CT molecular complexity index is 470. The summed E-state index contributed by atoms with van der Waals surface area (Å²) in [4.78, 5) is 14.4. The van der Waals surface area contributed by atoms with Crippen LogP contribution in [-0.4, -0.2) is 36.5 Å². The number of rotatable bonds is 6. The van der Waals surface area contributed by atoms with Crippen molar-refractivity contribution in [2.75, 3.05) is 25.4 Å². The van der Waals surface area contributed by atoms with Gasteiger partial charge in [-0.25, -0.2) is 0 Å². The van der Waals surface area contributed by atoms with Gasteiger partial charge in [-0.3, -0.25) is 9.69 Å². The minimum Gasteiger partial charge on any atom is -0.398 e. The third kappa shape index (κ3) is 6.02. The van der Waals surface area contributed by atoms with Crippen LogP contribution in [0.2, 0.25) is 0 Å². The molecule has 1 aromatic carbocycles. The highest BCUT2D eigenvalue weighted by molar-refractivity contribution is 9.10. The predicted molar refractivity (Wildman–Crippen MR) is 95.7 cm³/mol. The van der Waals surface area contributed by atoms with E-state index in [1.54, 1.807) is 12.1 Å². The maximum Gasteiger partial charge on any atom is 0.253 e. The smallest absolute Gasteiger partial charge is 0.253 e. The molecule has 4 nitrogen and oxygen atoms in total. The Morgan fingerprint density at radius 3 is 2.62 bits per heavy atom. The highest BCUT2D eigenvalue weighted by atomic mass is 79.9. The lowest BCUT2D eigenvalue weighted by Crippen LogP contribution is -2.36. The maximum atomic E-state index is 12.0. The number of nitrogens with two attached hydrogens (primary N) is 1. The van der Waals surface area contributed by atoms with Gasteiger partial charge in [-0.05, 0) is 37.6 Å². The van der Waals surface area contributed by atoms with E-state index in [4.69, 9.17) is 5.73 Å². The van der Waals surface area contributed by atoms with E-state index in [-0.39, 0.29) is 30.7 Å². The molecule has 3 N–H and O–H groups in total. The summed E-state index contributed by atoms with van der Waals surface area (Å²) in [5, 5.41) is 2.93. The van der Waals surface area contributed by atoms with Gasteiger partial charge in [0.2, 0.25) is 0 Å². The van der Waals surface area contributed by atoms with Gasteiger partial charge in [0.05, 0.1) is 5.56 Å². The quantitative estimate of drug-likeness (QED) is 0.723. The molecule has 0 heterocycles. The molecule has 0 radical (unpaired) electrons. The van der Waals surface area contributed by atoms with E-state index in [1.165, 1.54) is 12.8 Å². The molecule has 1 fully saturated rings. The first kappa shape index (κ1) is 20.5. The fourth-order valence-electron chi connectivity index (χ4n) is 2.19. The van der Waals surface area contributed by atoms with Crippen molar-refractivity contribution in [2.45, 2.75) is 25.8 Å². The van der Waals surface area contributed by atoms with Gasteiger partial charge in [0, 0.05) is 29.3 Å². The second-order valence-electron chi connectivity index (χ2n) is 4.85. The van der Waals surface area contributed by atoms with E-state index in [0.29, 0.717) is 17.8 Å². The zero-order valence-corrected chi connectivity index (χ0v) is 15.2. The molecule has 0 unspecified atom stereocenters. The molecule has 1 saturated carbocycles. The predicted octanol–water partition coefficient (Wildman–Crippen LogP) is 3.09. The molecular weight excluding hydrogens is 377 g/mol. The van der Waals surface area contributed by atoms with Crippen LogP contribution in [0.25, 0.3) is 0 Å². The van der Waals surface area contributed by atoms with Crippen LogP contribution in [0, 0.1) is 0 Å². The van der Waals surface area contributed by atoms with E-state index >= 15 is 0 Å². The van der Waals surface area contributed by atoms with Crippen LogP contribution in [0.1, 0.15) is 30.1 Å². The summed E-state index contributed by atoms with van der Waals surface area (Å²) in [5.41, 5.74) is 6.88. The Morgan fingerprint density at radius 2 is 2.10 bits per heavy atom. The van der Waals surface area contributed by atoms with Crippen LogP contribution < -0.4 is 11.1 Å². The molecule has 1 amide bonds. The zero-order valence-electron chi connectivity index (χ0n) is 12.0. The number of carbonyl (C=O) groups is 1. The van der Waals surface area contributed by atoms with Crippen LogP contribution in [0.3, 0.4) is 0 Å². The van der Waals surface area contributed by atoms with Gasteiger partial charge >= 0.3 is 0 Å². The first-order chi connectivity index (χ1) is 9.11. The third-order valence-electron chi connectivity index (χ3n) is 3.41. The highest BCUT2D eigenvalue weighted by Gasteiger charge is 2.27. The highest BCUT2D eigenvalue weighted by Crippen LogP contribution is 2.25. The van der Waals surface area contributed by atoms with Gasteiger partial charge < -0.3 is 11.1 Å². The number of anilines is 1. The van der Waals surface area contributed by atoms with E-state index in [0.717, 1.165) is 23.6 Å². The van der Waals surface area contributed by atoms with Crippen LogP contribution in [0.4, 0.5) is 5.69 Å². The van der Waals surface area contributed by atoms with Crippen molar-refractivity contribution >= 4 is 52.3 Å². The number of carbonyl (C=O) groups excluding carboxylic acids is 1. The summed E-state index contributed by atoms with van der Waals surface area (Å²) >= 11 is 3.33. The lowest BCUT2D eigenvalue weighted by Gasteiger charge is -2.19. The van der Waals surface area contributed by atoms with E-state index in [2.05, 4.69) is 33.1 Å². The number of likely N-dealkylation sites (N-methyl/N-ethyl adjacent to an activating group) is 1. The number of nitrogens with one attached hydrogen (secondary N) is 1. The number of hydrogen-bond donors (Lipinski definition) is 2. The fraction of sp³-hybridized carbons (Fsp3) is 0.500. The molecule has 1 aliphatic rings. The molecule has 0 bridgehead atoms. The molecule has 0 spiro atoms. The Labute approximate surface area is 146 Å². The molecule has 7 heteroatoms. The number of nitrogen functional groups attached to an aromatic ring is 1. The van der Waals surface area contributed by atoms with Gasteiger partial charge in [-0.15, -0.1) is 24.8 Å². The third-order valence-corrected chi connectivity index (χ3v) is 3.91. The second kappa shape index (κ2) is 9.51. The standard InChI is InChI=1S/C14H20BrN3O.2ClH/c1-2-18(11-4-5-11)8-7-17-14(19)12-6-3-10(15)9-13(12)16;;/h3,6,9,11H,2,4-5,7-8,16H2,1H3,(H,17,19);2*1H. The van der Waals surface area contributed by atoms with Gasteiger partial charge in [0.1, 0.15) is 0 Å². The molecule has 120 valence electrons. The SMILES string of the molecule is CCN(CCNC(=O)c1ccc(Br)cc1N)C1CC1.Cl.Cl. The summed E-state index contributed by atoms with van der Waals surface area (Å²) in [6.07, 6.45) is 2.59. The molecule has 0 aliphatic heterocycles. The monoisotopic (exact) mass is 397 g/mol. The van der Waals surface area contributed by atoms with Crippen LogP contribution >= 0.6 is 40.7 Å². The van der Waals surface area contributed by atoms with Crippen molar-refractivity contribution in [3.63, 3.8) is 0 Å². The van der Waals surface area contributed by atoms with Crippen molar-refractivity contribution in [3.05, 3.63) is 28.2 Å². The first-order valence-corrected chi connectivity index (χ1v) is 7.48. The van der Waals surface area contributed by atoms with Gasteiger partial charge in [0.15, 0.2) is 0 Å². The molecule has 2 rings (SSSR count). The van der Waals surface area contributed by atoms with E-state index in [1.807, 2.05) is 6.07 Å². The minimum atomic E-state index is -0.100. The topological polar surface area (TPSA) is 58.4 Å². The largest absolute Gasteiger partial charge is 0.398 e. The summed E-state index contributed by atoms with van der Waals surface area (Å²) in [5.74, 6) is -0.100. The zero-order chi connectivity index (χ0) is 13.8. The van der Waals surface area contributed by atoms with Gasteiger partial charge in [-0.1, -0.05) is 22.9 Å². The lowest BCUT2D eigenvalue weighted by atomic mass is 10.1. The van der Waals surface area contributed by atoms with Crippen LogP contribution in [-0.2, 0) is 0 Å². The van der Waals surface area contributed by atoms with Crippen molar-refractivity contribution in [3.8, 4) is 0 Å². The number of benzene rings is 1.